The number of benzene rings is 2. The summed E-state index contributed by atoms with van der Waals surface area (Å²) in [6.45, 7) is 0.713. The van der Waals surface area contributed by atoms with Crippen molar-refractivity contribution in [3.05, 3.63) is 65.0 Å². The van der Waals surface area contributed by atoms with E-state index < -0.39 is 11.6 Å². The van der Waals surface area contributed by atoms with E-state index in [1.165, 1.54) is 23.3 Å². The molecule has 3 nitrogen and oxygen atoms in total. The van der Waals surface area contributed by atoms with Crippen LogP contribution in [-0.4, -0.2) is 28.5 Å². The van der Waals surface area contributed by atoms with E-state index in [2.05, 4.69) is 24.3 Å². The summed E-state index contributed by atoms with van der Waals surface area (Å²) in [6, 6.07) is 12.6. The monoisotopic (exact) mass is 325 g/mol. The van der Waals surface area contributed by atoms with Crippen LogP contribution in [0.2, 0.25) is 0 Å². The van der Waals surface area contributed by atoms with E-state index >= 15 is 0 Å². The van der Waals surface area contributed by atoms with Crippen LogP contribution in [0, 0.1) is 5.82 Å². The van der Waals surface area contributed by atoms with Gasteiger partial charge in [0.1, 0.15) is 0 Å². The second kappa shape index (κ2) is 5.93. The summed E-state index contributed by atoms with van der Waals surface area (Å²) in [6.07, 6.45) is 3.98. The van der Waals surface area contributed by atoms with Crippen molar-refractivity contribution in [2.24, 2.45) is 0 Å². The summed E-state index contributed by atoms with van der Waals surface area (Å²) in [5, 5.41) is 9.33. The standard InChI is InChI=1S/C20H20FNO2/c21-17-12-14(8-10-19(17)23)20(24)22-11-3-6-16-15-5-2-1-4-13(15)7-9-18(16)22/h1-2,4-5,8,10,12,16,18,23H,3,6-7,9,11H2/t16-,18+/m0/s1. The minimum Gasteiger partial charge on any atom is -0.505 e. The lowest BCUT2D eigenvalue weighted by Crippen LogP contribution is -2.49. The number of phenolic OH excluding ortho intramolecular Hbond substituents is 1. The Hall–Kier alpha value is -2.36. The summed E-state index contributed by atoms with van der Waals surface area (Å²) in [4.78, 5) is 14.8. The van der Waals surface area contributed by atoms with Crippen molar-refractivity contribution in [1.29, 1.82) is 0 Å². The van der Waals surface area contributed by atoms with Gasteiger partial charge in [0.25, 0.3) is 5.91 Å². The van der Waals surface area contributed by atoms with Crippen LogP contribution in [0.5, 0.6) is 5.75 Å². The molecule has 2 aliphatic rings. The Kier molecular flexibility index (Phi) is 3.75. The first-order valence-electron chi connectivity index (χ1n) is 8.52. The Labute approximate surface area is 140 Å². The van der Waals surface area contributed by atoms with E-state index in [4.69, 9.17) is 0 Å². The number of phenols is 1. The average molecular weight is 325 g/mol. The van der Waals surface area contributed by atoms with E-state index in [9.17, 15) is 14.3 Å². The molecule has 1 aliphatic heterocycles. The number of hydrogen-bond acceptors (Lipinski definition) is 2. The molecule has 1 aliphatic carbocycles. The topological polar surface area (TPSA) is 40.5 Å². The molecule has 1 amide bonds. The van der Waals surface area contributed by atoms with Crippen molar-refractivity contribution >= 4 is 5.91 Å². The van der Waals surface area contributed by atoms with E-state index in [0.29, 0.717) is 18.0 Å². The molecule has 2 aromatic carbocycles. The number of amides is 1. The molecule has 1 heterocycles. The average Bonchev–Trinajstić information content (AvgIpc) is 2.62. The van der Waals surface area contributed by atoms with E-state index in [1.807, 2.05) is 4.90 Å². The normalized spacial score (nSPS) is 22.6. The summed E-state index contributed by atoms with van der Waals surface area (Å²) in [5.74, 6) is -0.935. The minimum absolute atomic E-state index is 0.136. The molecule has 0 spiro atoms. The summed E-state index contributed by atoms with van der Waals surface area (Å²) < 4.78 is 13.6. The lowest BCUT2D eigenvalue weighted by Gasteiger charge is -2.45. The van der Waals surface area contributed by atoms with E-state index in [-0.39, 0.29) is 11.9 Å². The number of rotatable bonds is 1. The highest BCUT2D eigenvalue weighted by Gasteiger charge is 2.38. The first kappa shape index (κ1) is 15.2. The van der Waals surface area contributed by atoms with Crippen molar-refractivity contribution in [1.82, 2.24) is 4.90 Å². The predicted molar refractivity (Wildman–Crippen MR) is 89.6 cm³/mol. The number of carbonyl (C=O) groups excluding carboxylic acids is 1. The highest BCUT2D eigenvalue weighted by molar-refractivity contribution is 5.94. The zero-order chi connectivity index (χ0) is 16.7. The second-order valence-corrected chi connectivity index (χ2v) is 6.72. The number of aromatic hydroxyl groups is 1. The highest BCUT2D eigenvalue weighted by atomic mass is 19.1. The summed E-state index contributed by atoms with van der Waals surface area (Å²) >= 11 is 0. The fraction of sp³-hybridized carbons (Fsp3) is 0.350. The second-order valence-electron chi connectivity index (χ2n) is 6.72. The number of carbonyl (C=O) groups is 1. The Bertz CT molecular complexity index is 789. The molecule has 2 aromatic rings. The molecule has 124 valence electrons. The molecule has 0 unspecified atom stereocenters. The third-order valence-corrected chi connectivity index (χ3v) is 5.40. The van der Waals surface area contributed by atoms with E-state index in [1.54, 1.807) is 0 Å². The molecule has 2 atom stereocenters. The molecule has 1 saturated heterocycles. The molecule has 4 rings (SSSR count). The molecule has 24 heavy (non-hydrogen) atoms. The van der Waals surface area contributed by atoms with Crippen LogP contribution in [0.25, 0.3) is 0 Å². The first-order valence-corrected chi connectivity index (χ1v) is 8.52. The van der Waals surface area contributed by atoms with Crippen LogP contribution >= 0.6 is 0 Å². The van der Waals surface area contributed by atoms with Crippen LogP contribution in [0.4, 0.5) is 4.39 Å². The van der Waals surface area contributed by atoms with Gasteiger partial charge in [0, 0.05) is 24.1 Å². The van der Waals surface area contributed by atoms with E-state index in [0.717, 1.165) is 31.7 Å². The van der Waals surface area contributed by atoms with Crippen LogP contribution in [0.3, 0.4) is 0 Å². The van der Waals surface area contributed by atoms with Crippen molar-refractivity contribution in [3.63, 3.8) is 0 Å². The highest BCUT2D eigenvalue weighted by Crippen LogP contribution is 2.41. The maximum Gasteiger partial charge on any atom is 0.254 e. The molecule has 0 radical (unpaired) electrons. The van der Waals surface area contributed by atoms with Crippen LogP contribution in [-0.2, 0) is 6.42 Å². The first-order chi connectivity index (χ1) is 11.6. The Balaban J connectivity index is 1.64. The van der Waals surface area contributed by atoms with Gasteiger partial charge >= 0.3 is 0 Å². The smallest absolute Gasteiger partial charge is 0.254 e. The predicted octanol–water partition coefficient (Wildman–Crippen LogP) is 3.87. The summed E-state index contributed by atoms with van der Waals surface area (Å²) in [5.41, 5.74) is 3.07. The lowest BCUT2D eigenvalue weighted by molar-refractivity contribution is 0.0546. The van der Waals surface area contributed by atoms with Crippen molar-refractivity contribution in [2.45, 2.75) is 37.6 Å². The van der Waals surface area contributed by atoms with Crippen LogP contribution < -0.4 is 0 Å². The SMILES string of the molecule is O=C(c1ccc(O)c(F)c1)N1CCC[C@H]2c3ccccc3CC[C@H]21. The van der Waals surface area contributed by atoms with Gasteiger partial charge in [0.15, 0.2) is 11.6 Å². The molecule has 0 bridgehead atoms. The zero-order valence-electron chi connectivity index (χ0n) is 13.4. The van der Waals surface area contributed by atoms with Gasteiger partial charge in [-0.25, -0.2) is 4.39 Å². The minimum atomic E-state index is -0.747. The third-order valence-electron chi connectivity index (χ3n) is 5.40. The number of nitrogens with zero attached hydrogens (tertiary/aromatic N) is 1. The van der Waals surface area contributed by atoms with Gasteiger partial charge < -0.3 is 10.0 Å². The van der Waals surface area contributed by atoms with Gasteiger partial charge in [0.2, 0.25) is 0 Å². The van der Waals surface area contributed by atoms with Crippen molar-refractivity contribution in [2.75, 3.05) is 6.54 Å². The molecule has 0 aromatic heterocycles. The fourth-order valence-corrected chi connectivity index (χ4v) is 4.26. The lowest BCUT2D eigenvalue weighted by atomic mass is 9.74. The molecule has 1 fully saturated rings. The van der Waals surface area contributed by atoms with Crippen LogP contribution in [0.1, 0.15) is 46.7 Å². The molecular weight excluding hydrogens is 305 g/mol. The van der Waals surface area contributed by atoms with Gasteiger partial charge in [0.05, 0.1) is 0 Å². The fourth-order valence-electron chi connectivity index (χ4n) is 4.26. The summed E-state index contributed by atoms with van der Waals surface area (Å²) in [7, 11) is 0. The number of likely N-dealkylation sites (tertiary alicyclic amines) is 1. The maximum atomic E-state index is 13.6. The molecule has 1 N–H and O–H groups in total. The molecule has 4 heteroatoms. The van der Waals surface area contributed by atoms with Crippen LogP contribution in [0.15, 0.2) is 42.5 Å². The number of fused-ring (bicyclic) bond motifs is 3. The van der Waals surface area contributed by atoms with Gasteiger partial charge in [-0.15, -0.1) is 0 Å². The molecule has 0 saturated carbocycles. The quantitative estimate of drug-likeness (QED) is 0.865. The Morgan fingerprint density at radius 1 is 1.17 bits per heavy atom. The number of piperidine rings is 1. The van der Waals surface area contributed by atoms with Gasteiger partial charge in [-0.3, -0.25) is 4.79 Å². The molecular formula is C20H20FNO2. The van der Waals surface area contributed by atoms with Gasteiger partial charge in [-0.05, 0) is 55.0 Å². The number of halogens is 1. The van der Waals surface area contributed by atoms with Crippen molar-refractivity contribution in [3.8, 4) is 5.75 Å². The van der Waals surface area contributed by atoms with Gasteiger partial charge in [-0.1, -0.05) is 24.3 Å². The Morgan fingerprint density at radius 3 is 2.83 bits per heavy atom. The largest absolute Gasteiger partial charge is 0.505 e. The third kappa shape index (κ3) is 2.46. The van der Waals surface area contributed by atoms with Crippen molar-refractivity contribution < 1.29 is 14.3 Å². The maximum absolute atomic E-state index is 13.6. The Morgan fingerprint density at radius 2 is 2.00 bits per heavy atom. The number of aryl methyl sites for hydroxylation is 1. The van der Waals surface area contributed by atoms with Gasteiger partial charge in [-0.2, -0.15) is 0 Å². The zero-order valence-corrected chi connectivity index (χ0v) is 13.4. The number of hydrogen-bond donors (Lipinski definition) is 1.